The molecule has 0 fully saturated rings. The highest BCUT2D eigenvalue weighted by atomic mass is 16.6. The molecule has 0 rings (SSSR count). The van der Waals surface area contributed by atoms with Crippen LogP contribution in [-0.4, -0.2) is 37.2 Å². The Bertz CT molecular complexity index is 1410. The molecule has 0 amide bonds. The highest BCUT2D eigenvalue weighted by Crippen LogP contribution is 2.17. The SMILES string of the molecule is CCCCCC/C=C\C/C=C\CCCCCCCCCC(=O)OC(COC(=O)CCCCCCC/C=C\CCCCCCC)COC(=O)CCCCCCCCCCCCCCCCCCC/C=C\C/C=C\CCCCCCC. The van der Waals surface area contributed by atoms with Gasteiger partial charge in [-0.15, -0.1) is 0 Å². The summed E-state index contributed by atoms with van der Waals surface area (Å²) in [5, 5.41) is 0. The third-order valence-corrected chi connectivity index (χ3v) is 15.5. The molecule has 6 heteroatoms. The van der Waals surface area contributed by atoms with E-state index in [2.05, 4.69) is 81.5 Å². The standard InChI is InChI=1S/C73H132O6/c1-4-7-10-13-16-19-22-25-28-30-32-33-34-35-36-37-38-39-40-41-42-44-45-48-51-54-57-60-63-66-72(75)78-69-70(68-77-71(74)65-62-59-56-53-50-47-27-24-21-18-15-12-9-6-3)79-73(76)67-64-61-58-55-52-49-46-43-31-29-26-23-20-17-14-11-8-5-2/h20,22-25,27,29-32,70H,4-19,21,26,28,33-69H2,1-3H3/b23-20-,25-22-,27-24-,31-29-,32-30-. The van der Waals surface area contributed by atoms with Gasteiger partial charge >= 0.3 is 17.9 Å². The molecular formula is C73H132O6. The van der Waals surface area contributed by atoms with E-state index in [1.165, 1.54) is 244 Å². The van der Waals surface area contributed by atoms with Crippen LogP contribution in [0.2, 0.25) is 0 Å². The molecule has 0 aliphatic heterocycles. The van der Waals surface area contributed by atoms with Gasteiger partial charge in [0.2, 0.25) is 0 Å². The fourth-order valence-corrected chi connectivity index (χ4v) is 10.2. The Balaban J connectivity index is 4.23. The molecule has 79 heavy (non-hydrogen) atoms. The van der Waals surface area contributed by atoms with E-state index in [9.17, 15) is 14.4 Å². The van der Waals surface area contributed by atoms with Crippen LogP contribution in [0.15, 0.2) is 60.8 Å². The molecule has 0 aromatic heterocycles. The average molecular weight is 1110 g/mol. The van der Waals surface area contributed by atoms with E-state index in [0.717, 1.165) is 83.5 Å². The van der Waals surface area contributed by atoms with Crippen LogP contribution in [0.4, 0.5) is 0 Å². The summed E-state index contributed by atoms with van der Waals surface area (Å²) in [7, 11) is 0. The van der Waals surface area contributed by atoms with E-state index in [0.29, 0.717) is 19.3 Å². The maximum absolute atomic E-state index is 12.9. The molecule has 460 valence electrons. The zero-order chi connectivity index (χ0) is 57.1. The first kappa shape index (κ1) is 76.1. The van der Waals surface area contributed by atoms with Crippen molar-refractivity contribution in [2.45, 2.75) is 374 Å². The van der Waals surface area contributed by atoms with Crippen LogP contribution < -0.4 is 0 Å². The van der Waals surface area contributed by atoms with Crippen molar-refractivity contribution in [3.8, 4) is 0 Å². The fraction of sp³-hybridized carbons (Fsp3) is 0.822. The van der Waals surface area contributed by atoms with Crippen molar-refractivity contribution in [3.63, 3.8) is 0 Å². The molecule has 0 aliphatic rings. The molecule has 0 aromatic carbocycles. The van der Waals surface area contributed by atoms with Crippen LogP contribution in [0, 0.1) is 0 Å². The van der Waals surface area contributed by atoms with Gasteiger partial charge in [0.25, 0.3) is 0 Å². The molecule has 0 saturated carbocycles. The van der Waals surface area contributed by atoms with E-state index in [1.807, 2.05) is 0 Å². The van der Waals surface area contributed by atoms with Gasteiger partial charge in [-0.25, -0.2) is 0 Å². The first-order valence-electron chi connectivity index (χ1n) is 34.8. The number of carbonyl (C=O) groups excluding carboxylic acids is 3. The molecule has 0 heterocycles. The van der Waals surface area contributed by atoms with Gasteiger partial charge in [0, 0.05) is 19.3 Å². The largest absolute Gasteiger partial charge is 0.462 e. The Morgan fingerprint density at radius 1 is 0.253 bits per heavy atom. The van der Waals surface area contributed by atoms with E-state index < -0.39 is 6.10 Å². The van der Waals surface area contributed by atoms with Gasteiger partial charge in [0.05, 0.1) is 0 Å². The van der Waals surface area contributed by atoms with Crippen LogP contribution in [0.3, 0.4) is 0 Å². The second kappa shape index (κ2) is 67.6. The number of esters is 3. The van der Waals surface area contributed by atoms with Crippen molar-refractivity contribution < 1.29 is 28.6 Å². The Morgan fingerprint density at radius 3 is 0.722 bits per heavy atom. The van der Waals surface area contributed by atoms with Gasteiger partial charge in [-0.2, -0.15) is 0 Å². The minimum Gasteiger partial charge on any atom is -0.462 e. The van der Waals surface area contributed by atoms with Gasteiger partial charge in [-0.05, 0) is 109 Å². The van der Waals surface area contributed by atoms with Crippen LogP contribution in [0.5, 0.6) is 0 Å². The monoisotopic (exact) mass is 1110 g/mol. The summed E-state index contributed by atoms with van der Waals surface area (Å²) >= 11 is 0. The number of carbonyl (C=O) groups is 3. The number of ether oxygens (including phenoxy) is 3. The number of rotatable bonds is 64. The number of hydrogen-bond donors (Lipinski definition) is 0. The van der Waals surface area contributed by atoms with E-state index in [1.54, 1.807) is 0 Å². The fourth-order valence-electron chi connectivity index (χ4n) is 10.2. The Morgan fingerprint density at radius 2 is 0.456 bits per heavy atom. The quantitative estimate of drug-likeness (QED) is 0.0261. The maximum Gasteiger partial charge on any atom is 0.306 e. The molecule has 1 atom stereocenters. The number of hydrogen-bond acceptors (Lipinski definition) is 6. The molecule has 0 N–H and O–H groups in total. The lowest BCUT2D eigenvalue weighted by Crippen LogP contribution is -2.30. The Hall–Kier alpha value is -2.89. The smallest absolute Gasteiger partial charge is 0.306 e. The first-order chi connectivity index (χ1) is 39.0. The molecule has 0 aromatic rings. The lowest BCUT2D eigenvalue weighted by atomic mass is 10.0. The van der Waals surface area contributed by atoms with Crippen molar-refractivity contribution >= 4 is 17.9 Å². The van der Waals surface area contributed by atoms with Crippen molar-refractivity contribution in [2.75, 3.05) is 13.2 Å². The lowest BCUT2D eigenvalue weighted by molar-refractivity contribution is -0.167. The first-order valence-corrected chi connectivity index (χ1v) is 34.8. The molecular weight excluding hydrogens is 973 g/mol. The molecule has 0 bridgehead atoms. The predicted molar refractivity (Wildman–Crippen MR) is 344 cm³/mol. The summed E-state index contributed by atoms with van der Waals surface area (Å²) in [6.07, 6.45) is 86.7. The van der Waals surface area contributed by atoms with Crippen LogP contribution in [0.1, 0.15) is 367 Å². The lowest BCUT2D eigenvalue weighted by Gasteiger charge is -2.18. The minimum absolute atomic E-state index is 0.0769. The highest BCUT2D eigenvalue weighted by Gasteiger charge is 2.19. The summed E-state index contributed by atoms with van der Waals surface area (Å²) in [6.45, 7) is 6.64. The summed E-state index contributed by atoms with van der Waals surface area (Å²) in [6, 6.07) is 0. The van der Waals surface area contributed by atoms with Crippen molar-refractivity contribution in [1.82, 2.24) is 0 Å². The third kappa shape index (κ3) is 65.8. The molecule has 0 saturated heterocycles. The Kier molecular flexibility index (Phi) is 65.1. The Labute approximate surface area is 491 Å². The average Bonchev–Trinajstić information content (AvgIpc) is 3.45. The van der Waals surface area contributed by atoms with Gasteiger partial charge in [0.15, 0.2) is 6.10 Å². The zero-order valence-electron chi connectivity index (χ0n) is 52.9. The van der Waals surface area contributed by atoms with E-state index >= 15 is 0 Å². The topological polar surface area (TPSA) is 78.9 Å². The van der Waals surface area contributed by atoms with Crippen LogP contribution in [-0.2, 0) is 28.6 Å². The van der Waals surface area contributed by atoms with Crippen molar-refractivity contribution in [3.05, 3.63) is 60.8 Å². The summed E-state index contributed by atoms with van der Waals surface area (Å²) < 4.78 is 17.0. The summed E-state index contributed by atoms with van der Waals surface area (Å²) in [5.41, 5.74) is 0. The number of unbranched alkanes of at least 4 members (excludes halogenated alkanes) is 43. The van der Waals surface area contributed by atoms with E-state index in [-0.39, 0.29) is 31.1 Å². The maximum atomic E-state index is 12.9. The molecule has 6 nitrogen and oxygen atoms in total. The van der Waals surface area contributed by atoms with Gasteiger partial charge in [-0.1, -0.05) is 300 Å². The third-order valence-electron chi connectivity index (χ3n) is 15.5. The summed E-state index contributed by atoms with van der Waals surface area (Å²) in [5.74, 6) is -0.873. The second-order valence-electron chi connectivity index (χ2n) is 23.4. The van der Waals surface area contributed by atoms with Gasteiger partial charge in [-0.3, -0.25) is 14.4 Å². The number of allylic oxidation sites excluding steroid dienone is 10. The molecule has 0 aliphatic carbocycles. The minimum atomic E-state index is -0.782. The van der Waals surface area contributed by atoms with Crippen molar-refractivity contribution in [1.29, 1.82) is 0 Å². The van der Waals surface area contributed by atoms with Crippen LogP contribution in [0.25, 0.3) is 0 Å². The van der Waals surface area contributed by atoms with E-state index in [4.69, 9.17) is 14.2 Å². The normalized spacial score (nSPS) is 12.4. The van der Waals surface area contributed by atoms with Crippen molar-refractivity contribution in [2.24, 2.45) is 0 Å². The molecule has 1 unspecified atom stereocenters. The second-order valence-corrected chi connectivity index (χ2v) is 23.4. The van der Waals surface area contributed by atoms with Gasteiger partial charge in [0.1, 0.15) is 13.2 Å². The highest BCUT2D eigenvalue weighted by molar-refractivity contribution is 5.71. The van der Waals surface area contributed by atoms with Gasteiger partial charge < -0.3 is 14.2 Å². The predicted octanol–water partition coefficient (Wildman–Crippen LogP) is 23.9. The zero-order valence-corrected chi connectivity index (χ0v) is 52.9. The van der Waals surface area contributed by atoms with Crippen LogP contribution >= 0.6 is 0 Å². The molecule has 0 spiro atoms. The summed E-state index contributed by atoms with van der Waals surface area (Å²) in [4.78, 5) is 38.4. The molecule has 0 radical (unpaired) electrons.